The molecule has 7 N–H and O–H groups in total. The summed E-state index contributed by atoms with van der Waals surface area (Å²) in [6, 6.07) is 0. The second-order valence-electron chi connectivity index (χ2n) is 2.11. The average molecular weight is 322 g/mol. The molecule has 0 aromatic rings. The molecule has 20 heavy (non-hydrogen) atoms. The van der Waals surface area contributed by atoms with E-state index >= 15 is 0 Å². The molecule has 0 aliphatic heterocycles. The molecule has 0 aliphatic rings. The summed E-state index contributed by atoms with van der Waals surface area (Å²) in [6.45, 7) is 4.21. The van der Waals surface area contributed by atoms with Crippen molar-refractivity contribution in [2.24, 2.45) is 0 Å². The molecule has 0 rings (SSSR count). The van der Waals surface area contributed by atoms with Gasteiger partial charge in [0.1, 0.15) is 0 Å². The van der Waals surface area contributed by atoms with Crippen LogP contribution < -0.4 is 0 Å². The van der Waals surface area contributed by atoms with E-state index in [0.717, 1.165) is 0 Å². The fraction of sp³-hybridized carbons (Fsp3) is 0.333. The molecule has 0 aromatic heterocycles. The Morgan fingerprint density at radius 2 is 0.950 bits per heavy atom. The van der Waals surface area contributed by atoms with Crippen LogP contribution in [0, 0.1) is 0 Å². The maximum absolute atomic E-state index is 10.1. The summed E-state index contributed by atoms with van der Waals surface area (Å²) in [5.41, 5.74) is 0. The van der Waals surface area contributed by atoms with Gasteiger partial charge < -0.3 is 30.1 Å². The zero-order valence-corrected chi connectivity index (χ0v) is 10.2. The van der Waals surface area contributed by atoms with E-state index in [9.17, 15) is 21.4 Å². The molecule has 0 bridgehead atoms. The van der Waals surface area contributed by atoms with Gasteiger partial charge in [-0.2, -0.15) is 8.42 Å². The zero-order chi connectivity index (χ0) is 16.8. The number of hydrogen-bond acceptors (Lipinski definition) is 8. The second kappa shape index (κ2) is 19.0. The topological polar surface area (TPSA) is 176 Å². The Kier molecular flexibility index (Phi) is 30.5. The van der Waals surface area contributed by atoms with Gasteiger partial charge in [-0.25, -0.2) is 0 Å². The quantitative estimate of drug-likeness (QED) is 0.191. The molecule has 0 fully saturated rings. The van der Waals surface area contributed by atoms with Gasteiger partial charge >= 0.3 is 41.0 Å². The first kappa shape index (κ1) is 32.1. The van der Waals surface area contributed by atoms with E-state index in [0.29, 0.717) is 0 Å². The third-order valence-electron chi connectivity index (χ3n) is 0.440. The van der Waals surface area contributed by atoms with Crippen molar-refractivity contribution >= 4 is 51.2 Å². The summed E-state index contributed by atoms with van der Waals surface area (Å²) in [5, 5.41) is 41.7. The van der Waals surface area contributed by atoms with Crippen LogP contribution in [0.1, 0.15) is 6.92 Å². The van der Waals surface area contributed by atoms with Crippen molar-refractivity contribution in [2.75, 3.05) is 0 Å². The molecule has 0 aromatic carbocycles. The molecule has 0 spiro atoms. The summed E-state index contributed by atoms with van der Waals surface area (Å²) in [7, 11) is -11.9. The number of halogens is 3. The summed E-state index contributed by atoms with van der Waals surface area (Å²) in [5.74, 6) is 0. The maximum atomic E-state index is 10.1. The van der Waals surface area contributed by atoms with Crippen molar-refractivity contribution in [3.63, 3.8) is 0 Å². The monoisotopic (exact) mass is 322 g/mol. The van der Waals surface area contributed by atoms with Gasteiger partial charge in [0.05, 0.1) is 4.91 Å². The fourth-order valence-electron chi connectivity index (χ4n) is 0. The summed E-state index contributed by atoms with van der Waals surface area (Å²) in [4.78, 5) is -0.229. The minimum atomic E-state index is -3.94. The molecule has 0 heterocycles. The van der Waals surface area contributed by atoms with Gasteiger partial charge in [0.2, 0.25) is 0 Å². The standard InChI is InChI=1S/C3H6O3S.3BFH2O2.Li.H/c1-3(2)7(4,5)6;3*2-1(3)4;;/h1H2,2H3,(H,4,5,6);3*3-4H;;. The van der Waals surface area contributed by atoms with Crippen molar-refractivity contribution in [3.8, 4) is 0 Å². The van der Waals surface area contributed by atoms with Gasteiger partial charge in [-0.05, 0) is 6.92 Å². The van der Waals surface area contributed by atoms with E-state index in [2.05, 4.69) is 6.58 Å². The molecular weight excluding hydrogens is 308 g/mol. The van der Waals surface area contributed by atoms with Crippen molar-refractivity contribution in [1.82, 2.24) is 0 Å². The Morgan fingerprint density at radius 1 is 0.900 bits per heavy atom. The predicted molar refractivity (Wildman–Crippen MR) is 67.4 cm³/mol. The minimum absolute atomic E-state index is 0. The number of rotatable bonds is 1. The van der Waals surface area contributed by atoms with E-state index < -0.39 is 32.3 Å². The van der Waals surface area contributed by atoms with Crippen LogP contribution in [0.2, 0.25) is 0 Å². The van der Waals surface area contributed by atoms with Gasteiger partial charge in [0, 0.05) is 0 Å². The van der Waals surface area contributed by atoms with Gasteiger partial charge in [0.25, 0.3) is 10.1 Å². The van der Waals surface area contributed by atoms with Crippen LogP contribution in [0.25, 0.3) is 0 Å². The Balaban J connectivity index is -0.0000000512. The van der Waals surface area contributed by atoms with Crippen LogP contribution in [0.4, 0.5) is 12.9 Å². The van der Waals surface area contributed by atoms with Gasteiger partial charge in [-0.15, -0.1) is 0 Å². The number of allylic oxidation sites excluding steroid dienone is 1. The molecule has 0 aliphatic carbocycles. The van der Waals surface area contributed by atoms with Crippen molar-refractivity contribution in [2.45, 2.75) is 6.92 Å². The normalized spacial score (nSPS) is 7.95. The molecule has 0 saturated carbocycles. The van der Waals surface area contributed by atoms with Crippen LogP contribution in [-0.4, -0.2) is 84.2 Å². The van der Waals surface area contributed by atoms with E-state index in [1.54, 1.807) is 0 Å². The molecule has 0 saturated heterocycles. The molecule has 0 radical (unpaired) electrons. The molecule has 116 valence electrons. The summed E-state index contributed by atoms with van der Waals surface area (Å²) >= 11 is 0. The first-order valence-corrected chi connectivity index (χ1v) is 5.22. The molecule has 17 heteroatoms. The van der Waals surface area contributed by atoms with Crippen LogP contribution in [0.15, 0.2) is 11.5 Å². The summed E-state index contributed by atoms with van der Waals surface area (Å²) in [6.07, 6.45) is 0. The van der Waals surface area contributed by atoms with Crippen LogP contribution in [-0.2, 0) is 10.1 Å². The number of hydrogen-bond donors (Lipinski definition) is 7. The Labute approximate surface area is 126 Å². The average Bonchev–Trinajstić information content (AvgIpc) is 1.96. The first-order valence-electron chi connectivity index (χ1n) is 3.78. The SMILES string of the molecule is C=C(C)S(=O)(=O)O.OB(O)F.OB(O)F.OB(O)F.[LiH]. The van der Waals surface area contributed by atoms with Gasteiger partial charge in [-0.3, -0.25) is 17.5 Å². The third-order valence-corrected chi connectivity index (χ3v) is 1.32. The van der Waals surface area contributed by atoms with Gasteiger partial charge in [0.15, 0.2) is 0 Å². The van der Waals surface area contributed by atoms with Crippen molar-refractivity contribution < 1.29 is 56.1 Å². The van der Waals surface area contributed by atoms with Crippen LogP contribution in [0.3, 0.4) is 0 Å². The van der Waals surface area contributed by atoms with E-state index in [-0.39, 0.29) is 23.8 Å². The molecule has 0 atom stereocenters. The third kappa shape index (κ3) is 145. The molecule has 9 nitrogen and oxygen atoms in total. The second-order valence-corrected chi connectivity index (χ2v) is 3.76. The molecular formula is C3H13B3F3LiO9S. The van der Waals surface area contributed by atoms with Crippen LogP contribution >= 0.6 is 0 Å². The van der Waals surface area contributed by atoms with E-state index in [1.807, 2.05) is 0 Å². The summed E-state index contributed by atoms with van der Waals surface area (Å²) < 4.78 is 57.9. The van der Waals surface area contributed by atoms with Gasteiger partial charge in [-0.1, -0.05) is 6.58 Å². The zero-order valence-electron chi connectivity index (χ0n) is 9.43. The van der Waals surface area contributed by atoms with Crippen LogP contribution in [0.5, 0.6) is 0 Å². The van der Waals surface area contributed by atoms with E-state index in [1.165, 1.54) is 6.92 Å². The molecule has 0 amide bonds. The molecule has 0 unspecified atom stereocenters. The fourth-order valence-corrected chi connectivity index (χ4v) is 0. The first-order chi connectivity index (χ1) is 8.14. The Bertz CT molecular complexity index is 280. The van der Waals surface area contributed by atoms with E-state index in [4.69, 9.17) is 34.7 Å². The predicted octanol–water partition coefficient (Wildman–Crippen LogP) is -3.46. The van der Waals surface area contributed by atoms with Crippen molar-refractivity contribution in [3.05, 3.63) is 11.5 Å². The van der Waals surface area contributed by atoms with Crippen molar-refractivity contribution in [1.29, 1.82) is 0 Å². The Morgan fingerprint density at radius 3 is 0.950 bits per heavy atom. The Hall–Kier alpha value is -0.00779.